The molecule has 0 aromatic carbocycles. The molecular formula is C8H15Cl. The zero-order valence-corrected chi connectivity index (χ0v) is 6.82. The lowest BCUT2D eigenvalue weighted by molar-refractivity contribution is 0.354. The van der Waals surface area contributed by atoms with Crippen molar-refractivity contribution < 1.29 is 0 Å². The Kier molecular flexibility index (Phi) is 2.84. The summed E-state index contributed by atoms with van der Waals surface area (Å²) in [5.74, 6) is 0.820. The Morgan fingerprint density at radius 1 is 1.22 bits per heavy atom. The van der Waals surface area contributed by atoms with Crippen LogP contribution in [-0.4, -0.2) is 5.38 Å². The molecular weight excluding hydrogens is 132 g/mol. The molecule has 1 atom stereocenters. The van der Waals surface area contributed by atoms with Crippen molar-refractivity contribution in [3.8, 4) is 0 Å². The summed E-state index contributed by atoms with van der Waals surface area (Å²) in [5.41, 5.74) is 0. The molecule has 1 rings (SSSR count). The second kappa shape index (κ2) is 3.46. The molecule has 0 nitrogen and oxygen atoms in total. The largest absolute Gasteiger partial charge is 0.123 e. The molecule has 0 radical (unpaired) electrons. The second-order valence-corrected chi connectivity index (χ2v) is 3.76. The highest BCUT2D eigenvalue weighted by Crippen LogP contribution is 2.28. The van der Waals surface area contributed by atoms with E-state index in [4.69, 9.17) is 11.6 Å². The van der Waals surface area contributed by atoms with Crippen LogP contribution >= 0.6 is 11.6 Å². The molecule has 0 amide bonds. The van der Waals surface area contributed by atoms with E-state index in [1.165, 1.54) is 32.1 Å². The third-order valence-electron chi connectivity index (χ3n) is 2.30. The van der Waals surface area contributed by atoms with Gasteiger partial charge in [-0.1, -0.05) is 19.3 Å². The summed E-state index contributed by atoms with van der Waals surface area (Å²) in [6.45, 7) is 2.12. The highest BCUT2D eigenvalue weighted by molar-refractivity contribution is 6.20. The van der Waals surface area contributed by atoms with E-state index in [2.05, 4.69) is 6.92 Å². The van der Waals surface area contributed by atoms with Crippen molar-refractivity contribution in [3.63, 3.8) is 0 Å². The van der Waals surface area contributed by atoms with Crippen LogP contribution in [-0.2, 0) is 0 Å². The van der Waals surface area contributed by atoms with Crippen molar-refractivity contribution in [2.24, 2.45) is 5.92 Å². The van der Waals surface area contributed by atoms with Crippen LogP contribution in [0.4, 0.5) is 0 Å². The molecule has 0 saturated heterocycles. The SMILES string of the molecule is CC(Cl)C1CCCCC1. The van der Waals surface area contributed by atoms with E-state index in [-0.39, 0.29) is 0 Å². The maximum Gasteiger partial charge on any atom is 0.0336 e. The average Bonchev–Trinajstić information content (AvgIpc) is 1.90. The number of hydrogen-bond donors (Lipinski definition) is 0. The van der Waals surface area contributed by atoms with E-state index in [1.807, 2.05) is 0 Å². The Hall–Kier alpha value is 0.290. The molecule has 54 valence electrons. The molecule has 0 aromatic rings. The Balaban J connectivity index is 2.23. The molecule has 0 N–H and O–H groups in total. The first-order valence-corrected chi connectivity index (χ1v) is 4.38. The molecule has 1 heteroatoms. The van der Waals surface area contributed by atoms with Crippen molar-refractivity contribution in [1.29, 1.82) is 0 Å². The quantitative estimate of drug-likeness (QED) is 0.499. The molecule has 1 aliphatic carbocycles. The summed E-state index contributed by atoms with van der Waals surface area (Å²) in [4.78, 5) is 0. The van der Waals surface area contributed by atoms with Gasteiger partial charge in [-0.2, -0.15) is 0 Å². The van der Waals surface area contributed by atoms with Crippen LogP contribution in [0, 0.1) is 5.92 Å². The number of hydrogen-bond acceptors (Lipinski definition) is 0. The van der Waals surface area contributed by atoms with Crippen molar-refractivity contribution in [2.75, 3.05) is 0 Å². The molecule has 9 heavy (non-hydrogen) atoms. The van der Waals surface area contributed by atoms with Gasteiger partial charge in [0, 0.05) is 5.38 Å². The van der Waals surface area contributed by atoms with E-state index in [1.54, 1.807) is 0 Å². The van der Waals surface area contributed by atoms with E-state index >= 15 is 0 Å². The van der Waals surface area contributed by atoms with Gasteiger partial charge >= 0.3 is 0 Å². The van der Waals surface area contributed by atoms with Gasteiger partial charge in [-0.05, 0) is 25.7 Å². The van der Waals surface area contributed by atoms with E-state index in [0.717, 1.165) is 5.92 Å². The Labute approximate surface area is 62.6 Å². The Bertz CT molecular complexity index is 72.6. The van der Waals surface area contributed by atoms with Gasteiger partial charge in [0.15, 0.2) is 0 Å². The molecule has 1 saturated carbocycles. The predicted octanol–water partition coefficient (Wildman–Crippen LogP) is 3.19. The van der Waals surface area contributed by atoms with Crippen LogP contribution in [0.5, 0.6) is 0 Å². The van der Waals surface area contributed by atoms with E-state index in [0.29, 0.717) is 5.38 Å². The van der Waals surface area contributed by atoms with Crippen molar-refractivity contribution >= 4 is 11.6 Å². The Morgan fingerprint density at radius 2 is 1.78 bits per heavy atom. The van der Waals surface area contributed by atoms with Crippen molar-refractivity contribution in [3.05, 3.63) is 0 Å². The summed E-state index contributed by atoms with van der Waals surface area (Å²) in [6.07, 6.45) is 6.97. The molecule has 1 unspecified atom stereocenters. The van der Waals surface area contributed by atoms with Gasteiger partial charge in [-0.15, -0.1) is 11.6 Å². The van der Waals surface area contributed by atoms with E-state index < -0.39 is 0 Å². The molecule has 0 aromatic heterocycles. The smallest absolute Gasteiger partial charge is 0.0336 e. The van der Waals surface area contributed by atoms with Gasteiger partial charge in [0.25, 0.3) is 0 Å². The molecule has 0 heterocycles. The topological polar surface area (TPSA) is 0 Å². The highest BCUT2D eigenvalue weighted by atomic mass is 35.5. The first kappa shape index (κ1) is 7.40. The minimum absolute atomic E-state index is 0.408. The van der Waals surface area contributed by atoms with Crippen LogP contribution in [0.25, 0.3) is 0 Å². The standard InChI is InChI=1S/C8H15Cl/c1-7(9)8-5-3-2-4-6-8/h7-8H,2-6H2,1H3. The monoisotopic (exact) mass is 146 g/mol. The third-order valence-corrected chi connectivity index (χ3v) is 2.66. The maximum absolute atomic E-state index is 5.96. The van der Waals surface area contributed by atoms with Gasteiger partial charge in [-0.3, -0.25) is 0 Å². The molecule has 0 spiro atoms. The Morgan fingerprint density at radius 3 is 2.11 bits per heavy atom. The summed E-state index contributed by atoms with van der Waals surface area (Å²) in [5, 5.41) is 0.408. The van der Waals surface area contributed by atoms with E-state index in [9.17, 15) is 0 Å². The maximum atomic E-state index is 5.96. The second-order valence-electron chi connectivity index (χ2n) is 3.08. The average molecular weight is 147 g/mol. The minimum atomic E-state index is 0.408. The fourth-order valence-corrected chi connectivity index (χ4v) is 1.85. The van der Waals surface area contributed by atoms with Gasteiger partial charge in [-0.25, -0.2) is 0 Å². The lowest BCUT2D eigenvalue weighted by atomic mass is 9.87. The van der Waals surface area contributed by atoms with Crippen LogP contribution in [0.1, 0.15) is 39.0 Å². The highest BCUT2D eigenvalue weighted by Gasteiger charge is 2.17. The van der Waals surface area contributed by atoms with Gasteiger partial charge < -0.3 is 0 Å². The predicted molar refractivity (Wildman–Crippen MR) is 41.9 cm³/mol. The van der Waals surface area contributed by atoms with Gasteiger partial charge in [0.05, 0.1) is 0 Å². The minimum Gasteiger partial charge on any atom is -0.123 e. The molecule has 0 bridgehead atoms. The third kappa shape index (κ3) is 2.17. The first-order chi connectivity index (χ1) is 4.30. The number of alkyl halides is 1. The van der Waals surface area contributed by atoms with Gasteiger partial charge in [0.1, 0.15) is 0 Å². The van der Waals surface area contributed by atoms with Crippen LogP contribution in [0.2, 0.25) is 0 Å². The van der Waals surface area contributed by atoms with Crippen molar-refractivity contribution in [2.45, 2.75) is 44.4 Å². The molecule has 1 aliphatic rings. The van der Waals surface area contributed by atoms with Crippen LogP contribution < -0.4 is 0 Å². The summed E-state index contributed by atoms with van der Waals surface area (Å²) >= 11 is 5.96. The fourth-order valence-electron chi connectivity index (χ4n) is 1.59. The zero-order chi connectivity index (χ0) is 6.69. The van der Waals surface area contributed by atoms with Crippen LogP contribution in [0.3, 0.4) is 0 Å². The summed E-state index contributed by atoms with van der Waals surface area (Å²) in [6, 6.07) is 0. The molecule has 1 fully saturated rings. The van der Waals surface area contributed by atoms with Crippen molar-refractivity contribution in [1.82, 2.24) is 0 Å². The van der Waals surface area contributed by atoms with Crippen LogP contribution in [0.15, 0.2) is 0 Å². The lowest BCUT2D eigenvalue weighted by Crippen LogP contribution is -2.14. The molecule has 0 aliphatic heterocycles. The normalized spacial score (nSPS) is 26.0. The fraction of sp³-hybridized carbons (Fsp3) is 1.00. The number of halogens is 1. The first-order valence-electron chi connectivity index (χ1n) is 3.95. The zero-order valence-electron chi connectivity index (χ0n) is 6.07. The number of rotatable bonds is 1. The summed E-state index contributed by atoms with van der Waals surface area (Å²) in [7, 11) is 0. The lowest BCUT2D eigenvalue weighted by Gasteiger charge is -2.23. The van der Waals surface area contributed by atoms with Gasteiger partial charge in [0.2, 0.25) is 0 Å². The summed E-state index contributed by atoms with van der Waals surface area (Å²) < 4.78 is 0.